The first kappa shape index (κ1) is 32.8. The average Bonchev–Trinajstić information content (AvgIpc) is 3.27. The summed E-state index contributed by atoms with van der Waals surface area (Å²) in [6.07, 6.45) is -0.330. The number of amidine groups is 2. The molecule has 1 aliphatic rings. The molecule has 9 rings (SSSR count). The van der Waals surface area contributed by atoms with Crippen LogP contribution in [0.4, 0.5) is 0 Å². The average molecular weight is 692 g/mol. The number of nitrogens with one attached hydrogen (secondary N) is 1. The Morgan fingerprint density at radius 2 is 0.648 bits per heavy atom. The minimum Gasteiger partial charge on any atom is -0.344 e. The Balaban J connectivity index is 1.08. The first-order chi connectivity index (χ1) is 26.7. The number of benzene rings is 8. The lowest BCUT2D eigenvalue weighted by atomic mass is 9.97. The molecule has 1 unspecified atom stereocenters. The maximum Gasteiger partial charge on any atom is 0.159 e. The van der Waals surface area contributed by atoms with Crippen LogP contribution >= 0.6 is 0 Å². The van der Waals surface area contributed by atoms with Crippen molar-refractivity contribution in [1.82, 2.24) is 5.32 Å². The molecule has 0 bridgehead atoms. The van der Waals surface area contributed by atoms with Gasteiger partial charge in [0.2, 0.25) is 0 Å². The second-order valence-corrected chi connectivity index (χ2v) is 13.5. The summed E-state index contributed by atoms with van der Waals surface area (Å²) in [4.78, 5) is 10.4. The topological polar surface area (TPSA) is 36.8 Å². The summed E-state index contributed by atoms with van der Waals surface area (Å²) in [7, 11) is 0. The van der Waals surface area contributed by atoms with Gasteiger partial charge in [-0.2, -0.15) is 0 Å². The molecule has 1 atom stereocenters. The number of aliphatic imine (C=N–C) groups is 2. The second kappa shape index (κ2) is 14.9. The van der Waals surface area contributed by atoms with Gasteiger partial charge in [-0.1, -0.05) is 188 Å². The van der Waals surface area contributed by atoms with Gasteiger partial charge in [-0.3, -0.25) is 0 Å². The first-order valence-electron chi connectivity index (χ1n) is 18.3. The summed E-state index contributed by atoms with van der Waals surface area (Å²) in [6, 6.07) is 74.8. The summed E-state index contributed by atoms with van der Waals surface area (Å²) in [5.41, 5.74) is 14.8. The molecule has 8 aromatic rings. The SMILES string of the molecule is c1ccc(-c2cccc(-c3ccc(C4=NC(c5cccc(-c6ccccc6)c5)NC(c5cccc(-c6cccc(-c7ccccc7)c6)c5)=N4)cc3)c2)cc1. The fraction of sp³-hybridized carbons (Fsp3) is 0.0196. The van der Waals surface area contributed by atoms with Gasteiger partial charge in [-0.25, -0.2) is 9.98 Å². The Labute approximate surface area is 316 Å². The van der Waals surface area contributed by atoms with Gasteiger partial charge in [-0.05, 0) is 85.5 Å². The monoisotopic (exact) mass is 691 g/mol. The molecule has 256 valence electrons. The molecule has 3 heteroatoms. The molecule has 8 aromatic carbocycles. The van der Waals surface area contributed by atoms with Crippen LogP contribution in [-0.2, 0) is 0 Å². The normalized spacial score (nSPS) is 13.7. The summed E-state index contributed by atoms with van der Waals surface area (Å²) in [5, 5.41) is 3.70. The summed E-state index contributed by atoms with van der Waals surface area (Å²) in [6.45, 7) is 0. The van der Waals surface area contributed by atoms with Crippen molar-refractivity contribution < 1.29 is 0 Å². The maximum absolute atomic E-state index is 5.23. The van der Waals surface area contributed by atoms with Crippen LogP contribution in [0.25, 0.3) is 55.6 Å². The first-order valence-corrected chi connectivity index (χ1v) is 18.3. The van der Waals surface area contributed by atoms with E-state index >= 15 is 0 Å². The third-order valence-corrected chi connectivity index (χ3v) is 9.94. The molecule has 1 heterocycles. The van der Waals surface area contributed by atoms with Crippen LogP contribution in [0.3, 0.4) is 0 Å². The van der Waals surface area contributed by atoms with Crippen molar-refractivity contribution in [1.29, 1.82) is 0 Å². The lowest BCUT2D eigenvalue weighted by molar-refractivity contribution is 0.674. The fourth-order valence-electron chi connectivity index (χ4n) is 7.09. The van der Waals surface area contributed by atoms with E-state index in [4.69, 9.17) is 9.98 Å². The van der Waals surface area contributed by atoms with E-state index in [9.17, 15) is 0 Å². The zero-order valence-corrected chi connectivity index (χ0v) is 29.7. The lowest BCUT2D eigenvalue weighted by Crippen LogP contribution is -2.33. The van der Waals surface area contributed by atoms with Crippen molar-refractivity contribution in [3.63, 3.8) is 0 Å². The molecule has 1 aliphatic heterocycles. The van der Waals surface area contributed by atoms with Crippen LogP contribution < -0.4 is 5.32 Å². The van der Waals surface area contributed by atoms with E-state index in [0.717, 1.165) is 44.8 Å². The quantitative estimate of drug-likeness (QED) is 0.169. The van der Waals surface area contributed by atoms with Crippen LogP contribution in [-0.4, -0.2) is 11.7 Å². The number of hydrogen-bond donors (Lipinski definition) is 1. The van der Waals surface area contributed by atoms with Crippen LogP contribution in [0.15, 0.2) is 222 Å². The third-order valence-electron chi connectivity index (χ3n) is 9.94. The number of rotatable bonds is 8. The van der Waals surface area contributed by atoms with E-state index in [2.05, 4.69) is 212 Å². The highest BCUT2D eigenvalue weighted by Crippen LogP contribution is 2.31. The molecule has 0 amide bonds. The Hall–Kier alpha value is -7.10. The summed E-state index contributed by atoms with van der Waals surface area (Å²) in [5.74, 6) is 1.48. The van der Waals surface area contributed by atoms with Gasteiger partial charge < -0.3 is 5.32 Å². The van der Waals surface area contributed by atoms with Gasteiger partial charge in [0.25, 0.3) is 0 Å². The minimum absolute atomic E-state index is 0.330. The highest BCUT2D eigenvalue weighted by Gasteiger charge is 2.22. The molecule has 54 heavy (non-hydrogen) atoms. The van der Waals surface area contributed by atoms with Gasteiger partial charge in [0.15, 0.2) is 5.84 Å². The van der Waals surface area contributed by atoms with Gasteiger partial charge in [0.1, 0.15) is 12.0 Å². The molecule has 0 saturated carbocycles. The zero-order chi connectivity index (χ0) is 36.1. The van der Waals surface area contributed by atoms with E-state index in [0.29, 0.717) is 5.84 Å². The summed E-state index contributed by atoms with van der Waals surface area (Å²) < 4.78 is 0. The molecule has 3 nitrogen and oxygen atoms in total. The van der Waals surface area contributed by atoms with E-state index in [1.165, 1.54) is 33.4 Å². The third kappa shape index (κ3) is 7.04. The number of hydrogen-bond acceptors (Lipinski definition) is 3. The summed E-state index contributed by atoms with van der Waals surface area (Å²) >= 11 is 0. The highest BCUT2D eigenvalue weighted by molar-refractivity contribution is 6.13. The van der Waals surface area contributed by atoms with Crippen LogP contribution in [0, 0.1) is 0 Å². The van der Waals surface area contributed by atoms with Crippen LogP contribution in [0.1, 0.15) is 22.9 Å². The molecule has 0 spiro atoms. The maximum atomic E-state index is 5.23. The van der Waals surface area contributed by atoms with Crippen LogP contribution in [0.2, 0.25) is 0 Å². The van der Waals surface area contributed by atoms with E-state index in [1.807, 2.05) is 6.07 Å². The smallest absolute Gasteiger partial charge is 0.159 e. The van der Waals surface area contributed by atoms with Crippen molar-refractivity contribution in [3.05, 3.63) is 229 Å². The zero-order valence-electron chi connectivity index (χ0n) is 29.7. The van der Waals surface area contributed by atoms with Gasteiger partial charge in [-0.15, -0.1) is 0 Å². The Morgan fingerprint density at radius 1 is 0.296 bits per heavy atom. The van der Waals surface area contributed by atoms with Crippen molar-refractivity contribution in [2.45, 2.75) is 6.17 Å². The van der Waals surface area contributed by atoms with Crippen molar-refractivity contribution in [2.75, 3.05) is 0 Å². The predicted octanol–water partition coefficient (Wildman–Crippen LogP) is 12.5. The van der Waals surface area contributed by atoms with E-state index < -0.39 is 0 Å². The Morgan fingerprint density at radius 3 is 1.15 bits per heavy atom. The Bertz CT molecular complexity index is 2610. The predicted molar refractivity (Wildman–Crippen MR) is 225 cm³/mol. The van der Waals surface area contributed by atoms with E-state index in [1.54, 1.807) is 0 Å². The largest absolute Gasteiger partial charge is 0.344 e. The second-order valence-electron chi connectivity index (χ2n) is 13.5. The van der Waals surface area contributed by atoms with Gasteiger partial charge in [0.05, 0.1) is 0 Å². The van der Waals surface area contributed by atoms with E-state index in [-0.39, 0.29) is 6.17 Å². The molecular formula is C51H37N3. The highest BCUT2D eigenvalue weighted by atomic mass is 15.2. The molecular weight excluding hydrogens is 655 g/mol. The van der Waals surface area contributed by atoms with Gasteiger partial charge >= 0.3 is 0 Å². The standard InChI is InChI=1S/C51H37N3/c1-4-14-36(15-5-1)41-20-10-22-43(32-41)39-28-30-40(31-29-39)49-52-50(47-26-12-23-44(34-47)38-18-8-3-9-19-38)54-51(53-49)48-27-13-25-46(35-48)45-24-11-21-42(33-45)37-16-6-2-7-17-37/h1-35,50H,(H,52,53,54). The van der Waals surface area contributed by atoms with Crippen LogP contribution in [0.5, 0.6) is 0 Å². The van der Waals surface area contributed by atoms with Crippen molar-refractivity contribution in [3.8, 4) is 55.6 Å². The molecule has 0 aliphatic carbocycles. The lowest BCUT2D eigenvalue weighted by Gasteiger charge is -2.24. The molecule has 0 aromatic heterocycles. The fourth-order valence-corrected chi connectivity index (χ4v) is 7.09. The van der Waals surface area contributed by atoms with Crippen molar-refractivity contribution >= 4 is 11.7 Å². The van der Waals surface area contributed by atoms with Crippen molar-refractivity contribution in [2.24, 2.45) is 9.98 Å². The minimum atomic E-state index is -0.330. The Kier molecular flexibility index (Phi) is 9.02. The molecule has 0 radical (unpaired) electrons. The number of nitrogens with zero attached hydrogens (tertiary/aromatic N) is 2. The van der Waals surface area contributed by atoms with Gasteiger partial charge in [0, 0.05) is 11.1 Å². The molecule has 0 saturated heterocycles. The molecule has 1 N–H and O–H groups in total. The molecule has 0 fully saturated rings.